The van der Waals surface area contributed by atoms with Crippen LogP contribution in [0.1, 0.15) is 18.0 Å². The summed E-state index contributed by atoms with van der Waals surface area (Å²) in [6.07, 6.45) is 0.147. The Kier molecular flexibility index (Phi) is 5.89. The van der Waals surface area contributed by atoms with E-state index in [4.69, 9.17) is 0 Å². The van der Waals surface area contributed by atoms with Crippen LogP contribution < -0.4 is 10.6 Å². The van der Waals surface area contributed by atoms with Crippen molar-refractivity contribution in [2.75, 3.05) is 19.4 Å². The molecule has 0 heterocycles. The Labute approximate surface area is 140 Å². The topological polar surface area (TPSA) is 61.4 Å². The molecule has 0 radical (unpaired) electrons. The van der Waals surface area contributed by atoms with E-state index in [1.807, 2.05) is 30.3 Å². The first-order chi connectivity index (χ1) is 11.5. The van der Waals surface area contributed by atoms with Crippen molar-refractivity contribution in [3.8, 4) is 0 Å². The van der Waals surface area contributed by atoms with Gasteiger partial charge in [-0.25, -0.2) is 9.18 Å². The van der Waals surface area contributed by atoms with E-state index in [0.29, 0.717) is 5.69 Å². The molecule has 0 saturated heterocycles. The zero-order chi connectivity index (χ0) is 17.5. The Balaban J connectivity index is 2.08. The average molecular weight is 329 g/mol. The van der Waals surface area contributed by atoms with E-state index < -0.39 is 12.1 Å². The SMILES string of the molecule is CN(C)C(=O)CC(NC(=O)Nc1ccc(F)cc1)c1ccccc1. The van der Waals surface area contributed by atoms with Crippen LogP contribution >= 0.6 is 0 Å². The Bertz CT molecular complexity index is 687. The van der Waals surface area contributed by atoms with Crippen LogP contribution in [0.25, 0.3) is 0 Å². The normalized spacial score (nSPS) is 11.5. The number of urea groups is 1. The number of amides is 3. The number of nitrogens with zero attached hydrogens (tertiary/aromatic N) is 1. The number of carbonyl (C=O) groups is 2. The van der Waals surface area contributed by atoms with Crippen molar-refractivity contribution in [1.29, 1.82) is 0 Å². The Hall–Kier alpha value is -2.89. The molecule has 0 aliphatic heterocycles. The second-order valence-electron chi connectivity index (χ2n) is 5.56. The van der Waals surface area contributed by atoms with Crippen LogP contribution in [0.15, 0.2) is 54.6 Å². The first-order valence-corrected chi connectivity index (χ1v) is 7.54. The highest BCUT2D eigenvalue weighted by atomic mass is 19.1. The number of nitrogens with one attached hydrogen (secondary N) is 2. The molecule has 0 fully saturated rings. The van der Waals surface area contributed by atoms with Gasteiger partial charge in [-0.15, -0.1) is 0 Å². The van der Waals surface area contributed by atoms with Gasteiger partial charge in [-0.2, -0.15) is 0 Å². The Morgan fingerprint density at radius 3 is 2.25 bits per heavy atom. The van der Waals surface area contributed by atoms with Crippen molar-refractivity contribution in [3.05, 3.63) is 66.0 Å². The van der Waals surface area contributed by atoms with E-state index in [9.17, 15) is 14.0 Å². The molecule has 0 aromatic heterocycles. The summed E-state index contributed by atoms with van der Waals surface area (Å²) in [5, 5.41) is 5.42. The van der Waals surface area contributed by atoms with Crippen molar-refractivity contribution >= 4 is 17.6 Å². The third-order valence-corrected chi connectivity index (χ3v) is 3.49. The van der Waals surface area contributed by atoms with Crippen molar-refractivity contribution in [3.63, 3.8) is 0 Å². The lowest BCUT2D eigenvalue weighted by Crippen LogP contribution is -2.36. The van der Waals surface area contributed by atoms with E-state index in [1.54, 1.807) is 14.1 Å². The fourth-order valence-electron chi connectivity index (χ4n) is 2.15. The van der Waals surface area contributed by atoms with Crippen molar-refractivity contribution in [2.24, 2.45) is 0 Å². The van der Waals surface area contributed by atoms with Gasteiger partial charge < -0.3 is 15.5 Å². The number of carbonyl (C=O) groups excluding carboxylic acids is 2. The smallest absolute Gasteiger partial charge is 0.319 e. The minimum atomic E-state index is -0.457. The molecule has 0 aliphatic carbocycles. The third-order valence-electron chi connectivity index (χ3n) is 3.49. The van der Waals surface area contributed by atoms with Gasteiger partial charge in [-0.05, 0) is 29.8 Å². The molecule has 0 aliphatic rings. The van der Waals surface area contributed by atoms with Crippen LogP contribution in [0.3, 0.4) is 0 Å². The molecular weight excluding hydrogens is 309 g/mol. The summed E-state index contributed by atoms with van der Waals surface area (Å²) in [6.45, 7) is 0. The van der Waals surface area contributed by atoms with Crippen molar-refractivity contribution < 1.29 is 14.0 Å². The summed E-state index contributed by atoms with van der Waals surface area (Å²) in [4.78, 5) is 25.7. The summed E-state index contributed by atoms with van der Waals surface area (Å²) in [5.74, 6) is -0.467. The molecule has 126 valence electrons. The standard InChI is InChI=1S/C18H20FN3O2/c1-22(2)17(23)12-16(13-6-4-3-5-7-13)21-18(24)20-15-10-8-14(19)9-11-15/h3-11,16H,12H2,1-2H3,(H2,20,21,24). The fraction of sp³-hybridized carbons (Fsp3) is 0.222. The quantitative estimate of drug-likeness (QED) is 0.885. The van der Waals surface area contributed by atoms with E-state index in [1.165, 1.54) is 29.2 Å². The minimum Gasteiger partial charge on any atom is -0.349 e. The molecule has 6 heteroatoms. The van der Waals surface area contributed by atoms with Crippen LogP contribution in [0, 0.1) is 5.82 Å². The number of hydrogen-bond donors (Lipinski definition) is 2. The lowest BCUT2D eigenvalue weighted by molar-refractivity contribution is -0.129. The predicted molar refractivity (Wildman–Crippen MR) is 91.0 cm³/mol. The van der Waals surface area contributed by atoms with Gasteiger partial charge in [-0.3, -0.25) is 4.79 Å². The minimum absolute atomic E-state index is 0.0917. The molecule has 1 unspecified atom stereocenters. The van der Waals surface area contributed by atoms with Gasteiger partial charge in [0.25, 0.3) is 0 Å². The third kappa shape index (κ3) is 5.08. The van der Waals surface area contributed by atoms with Gasteiger partial charge in [-0.1, -0.05) is 30.3 Å². The monoisotopic (exact) mass is 329 g/mol. The lowest BCUT2D eigenvalue weighted by atomic mass is 10.0. The predicted octanol–water partition coefficient (Wildman–Crippen LogP) is 3.17. The van der Waals surface area contributed by atoms with Crippen LogP contribution in [-0.4, -0.2) is 30.9 Å². The maximum atomic E-state index is 12.9. The largest absolute Gasteiger partial charge is 0.349 e. The number of benzene rings is 2. The molecule has 1 atom stereocenters. The number of halogens is 1. The van der Waals surface area contributed by atoms with Gasteiger partial charge in [0.15, 0.2) is 0 Å². The van der Waals surface area contributed by atoms with Crippen LogP contribution in [-0.2, 0) is 4.79 Å². The molecule has 0 bridgehead atoms. The van der Waals surface area contributed by atoms with Crippen molar-refractivity contribution in [2.45, 2.75) is 12.5 Å². The first-order valence-electron chi connectivity index (χ1n) is 7.54. The maximum absolute atomic E-state index is 12.9. The van der Waals surface area contributed by atoms with Gasteiger partial charge in [0.05, 0.1) is 12.5 Å². The van der Waals surface area contributed by atoms with Gasteiger partial charge >= 0.3 is 6.03 Å². The second kappa shape index (κ2) is 8.10. The van der Waals surface area contributed by atoms with Gasteiger partial charge in [0.1, 0.15) is 5.82 Å². The van der Waals surface area contributed by atoms with Crippen molar-refractivity contribution in [1.82, 2.24) is 10.2 Å². The van der Waals surface area contributed by atoms with Gasteiger partial charge in [0, 0.05) is 19.8 Å². The highest BCUT2D eigenvalue weighted by Gasteiger charge is 2.19. The molecule has 0 spiro atoms. The van der Waals surface area contributed by atoms with E-state index in [-0.39, 0.29) is 18.1 Å². The first kappa shape index (κ1) is 17.5. The molecule has 24 heavy (non-hydrogen) atoms. The lowest BCUT2D eigenvalue weighted by Gasteiger charge is -2.21. The summed E-state index contributed by atoms with van der Waals surface area (Å²) < 4.78 is 12.9. The Morgan fingerprint density at radius 2 is 1.67 bits per heavy atom. The molecule has 2 N–H and O–H groups in total. The molecule has 2 aromatic carbocycles. The number of rotatable bonds is 5. The summed E-state index contributed by atoms with van der Waals surface area (Å²) in [5.41, 5.74) is 1.31. The molecule has 0 saturated carbocycles. The highest BCUT2D eigenvalue weighted by molar-refractivity contribution is 5.90. The molecule has 5 nitrogen and oxygen atoms in total. The zero-order valence-corrected chi connectivity index (χ0v) is 13.6. The Morgan fingerprint density at radius 1 is 1.04 bits per heavy atom. The van der Waals surface area contributed by atoms with Crippen LogP contribution in [0.5, 0.6) is 0 Å². The van der Waals surface area contributed by atoms with Gasteiger partial charge in [0.2, 0.25) is 5.91 Å². The van der Waals surface area contributed by atoms with E-state index in [2.05, 4.69) is 10.6 Å². The van der Waals surface area contributed by atoms with Crippen LogP contribution in [0.4, 0.5) is 14.9 Å². The number of hydrogen-bond acceptors (Lipinski definition) is 2. The maximum Gasteiger partial charge on any atom is 0.319 e. The number of anilines is 1. The molecule has 2 aromatic rings. The van der Waals surface area contributed by atoms with Crippen LogP contribution in [0.2, 0.25) is 0 Å². The average Bonchev–Trinajstić information content (AvgIpc) is 2.57. The van der Waals surface area contributed by atoms with E-state index in [0.717, 1.165) is 5.56 Å². The second-order valence-corrected chi connectivity index (χ2v) is 5.56. The highest BCUT2D eigenvalue weighted by Crippen LogP contribution is 2.18. The summed E-state index contributed by atoms with van der Waals surface area (Å²) in [6, 6.07) is 13.8. The van der Waals surface area contributed by atoms with E-state index >= 15 is 0 Å². The summed E-state index contributed by atoms with van der Waals surface area (Å²) >= 11 is 0. The molecular formula is C18H20FN3O2. The summed E-state index contributed by atoms with van der Waals surface area (Å²) in [7, 11) is 3.34. The zero-order valence-electron chi connectivity index (χ0n) is 13.6. The molecule has 2 rings (SSSR count). The fourth-order valence-corrected chi connectivity index (χ4v) is 2.15. The molecule has 3 amide bonds.